The number of aromatic nitrogens is 1. The number of Topliss-reactive ketones (excluding diaryl/α,β-unsaturated/α-hetero) is 1. The fraction of sp³-hybridized carbons (Fsp3) is 0.517. The van der Waals surface area contributed by atoms with E-state index in [1.54, 1.807) is 29.9 Å². The number of para-hydroxylation sites is 1. The van der Waals surface area contributed by atoms with Crippen LogP contribution in [0.4, 0.5) is 5.69 Å². The molecule has 2 heterocycles. The first-order valence-electron chi connectivity index (χ1n) is 13.1. The number of anilines is 1. The third-order valence-corrected chi connectivity index (χ3v) is 7.26. The summed E-state index contributed by atoms with van der Waals surface area (Å²) in [6.45, 7) is 10.5. The minimum Gasteiger partial charge on any atom is -0.481 e. The first kappa shape index (κ1) is 29.1. The lowest BCUT2D eigenvalue weighted by Gasteiger charge is -2.31. The summed E-state index contributed by atoms with van der Waals surface area (Å²) >= 11 is 0. The molecule has 0 radical (unpaired) electrons. The number of hydrogen-bond acceptors (Lipinski definition) is 6. The molecule has 0 spiro atoms. The minimum atomic E-state index is -1.27. The number of carboxylic acid groups (broad SMARTS) is 1. The second-order valence-electron chi connectivity index (χ2n) is 10.4. The molecule has 1 amide bonds. The van der Waals surface area contributed by atoms with E-state index >= 15 is 0 Å². The van der Waals surface area contributed by atoms with E-state index in [1.165, 1.54) is 0 Å². The molecule has 1 aromatic heterocycles. The molecule has 3 rings (SSSR count). The second-order valence-corrected chi connectivity index (χ2v) is 10.4. The van der Waals surface area contributed by atoms with E-state index in [9.17, 15) is 19.5 Å². The molecule has 206 valence electrons. The van der Waals surface area contributed by atoms with E-state index in [4.69, 9.17) is 9.47 Å². The van der Waals surface area contributed by atoms with E-state index in [1.807, 2.05) is 42.2 Å². The highest BCUT2D eigenvalue weighted by Crippen LogP contribution is 2.40. The van der Waals surface area contributed by atoms with Crippen LogP contribution in [0, 0.1) is 5.92 Å². The van der Waals surface area contributed by atoms with Crippen molar-refractivity contribution in [3.63, 3.8) is 0 Å². The van der Waals surface area contributed by atoms with Gasteiger partial charge in [0.05, 0.1) is 24.6 Å². The van der Waals surface area contributed by atoms with Gasteiger partial charge in [-0.25, -0.2) is 0 Å². The zero-order valence-corrected chi connectivity index (χ0v) is 23.1. The van der Waals surface area contributed by atoms with Crippen LogP contribution in [0.5, 0.6) is 5.88 Å². The van der Waals surface area contributed by atoms with Crippen LogP contribution in [-0.2, 0) is 26.2 Å². The molecule has 2 unspecified atom stereocenters. The Morgan fingerprint density at radius 1 is 1.16 bits per heavy atom. The van der Waals surface area contributed by atoms with Gasteiger partial charge in [0.1, 0.15) is 13.1 Å². The Balaban J connectivity index is 1.87. The number of hydrogen-bond donors (Lipinski definition) is 2. The first-order valence-corrected chi connectivity index (χ1v) is 13.1. The minimum absolute atomic E-state index is 0.121. The van der Waals surface area contributed by atoms with Crippen molar-refractivity contribution in [2.24, 2.45) is 13.0 Å². The topological polar surface area (TPSA) is 109 Å². The number of aryl methyl sites for hydroxylation is 1. The van der Waals surface area contributed by atoms with Crippen molar-refractivity contribution >= 4 is 23.3 Å². The number of rotatable bonds is 12. The number of benzene rings is 1. The summed E-state index contributed by atoms with van der Waals surface area (Å²) in [6, 6.07) is 11.9. The third kappa shape index (κ3) is 6.51. The molecular weight excluding hydrogens is 486 g/mol. The fourth-order valence-electron chi connectivity index (χ4n) is 4.83. The van der Waals surface area contributed by atoms with Gasteiger partial charge in [-0.05, 0) is 36.0 Å². The molecule has 9 nitrogen and oxygen atoms in total. The summed E-state index contributed by atoms with van der Waals surface area (Å²) in [5, 5.41) is 12.1. The van der Waals surface area contributed by atoms with Gasteiger partial charge in [0.2, 0.25) is 6.23 Å². The van der Waals surface area contributed by atoms with Crippen molar-refractivity contribution in [2.45, 2.75) is 71.2 Å². The fourth-order valence-corrected chi connectivity index (χ4v) is 4.83. The van der Waals surface area contributed by atoms with Crippen LogP contribution in [-0.4, -0.2) is 53.8 Å². The molecule has 1 saturated heterocycles. The number of ether oxygens (including phenoxy) is 2. The lowest BCUT2D eigenvalue weighted by atomic mass is 9.87. The lowest BCUT2D eigenvalue weighted by Crippen LogP contribution is -2.52. The van der Waals surface area contributed by atoms with Crippen molar-refractivity contribution < 1.29 is 33.5 Å². The molecular formula is C29H40N3O6+. The van der Waals surface area contributed by atoms with Gasteiger partial charge in [-0.3, -0.25) is 14.4 Å². The third-order valence-electron chi connectivity index (χ3n) is 7.26. The Bertz CT molecular complexity index is 1150. The summed E-state index contributed by atoms with van der Waals surface area (Å²) < 4.78 is 13.8. The lowest BCUT2D eigenvalue weighted by molar-refractivity contribution is -0.677. The van der Waals surface area contributed by atoms with Crippen LogP contribution in [0.1, 0.15) is 58.9 Å². The standard InChI is InChI=1S/C29H39N3O6/c1-7-29(20(4)5)18-32(23-13-9-8-12-21(23)19(2)3)28(38-29)27(36)30-22(16-26(34)35)24(33)17-37-25-14-10-11-15-31(25)6/h8-15,19-20,22,28H,7,16-18H2,1-6H3,(H-,30,34,35,36)/p+1/t22-,28?,29?/m0/s1. The van der Waals surface area contributed by atoms with Crippen LogP contribution >= 0.6 is 0 Å². The number of carbonyl (C=O) groups excluding carboxylic acids is 2. The Morgan fingerprint density at radius 3 is 2.45 bits per heavy atom. The van der Waals surface area contributed by atoms with Gasteiger partial charge in [0.15, 0.2) is 18.6 Å². The predicted molar refractivity (Wildman–Crippen MR) is 143 cm³/mol. The first-order chi connectivity index (χ1) is 18.0. The van der Waals surface area contributed by atoms with Gasteiger partial charge >= 0.3 is 11.8 Å². The number of nitrogens with zero attached hydrogens (tertiary/aromatic N) is 2. The Morgan fingerprint density at radius 2 is 1.84 bits per heavy atom. The van der Waals surface area contributed by atoms with Gasteiger partial charge in [-0.15, -0.1) is 0 Å². The van der Waals surface area contributed by atoms with Crippen LogP contribution in [0.25, 0.3) is 0 Å². The van der Waals surface area contributed by atoms with E-state index in [-0.39, 0.29) is 18.4 Å². The largest absolute Gasteiger partial charge is 0.481 e. The van der Waals surface area contributed by atoms with E-state index in [0.717, 1.165) is 11.3 Å². The number of pyridine rings is 1. The molecule has 1 fully saturated rings. The number of carbonyl (C=O) groups is 3. The summed E-state index contributed by atoms with van der Waals surface area (Å²) in [6.07, 6.45) is 0.877. The highest BCUT2D eigenvalue weighted by Gasteiger charge is 2.49. The van der Waals surface area contributed by atoms with Crippen molar-refractivity contribution in [3.05, 3.63) is 54.2 Å². The normalized spacial score (nSPS) is 20.0. The van der Waals surface area contributed by atoms with E-state index in [0.29, 0.717) is 18.8 Å². The molecule has 1 aromatic carbocycles. The van der Waals surface area contributed by atoms with Gasteiger partial charge in [-0.2, -0.15) is 4.57 Å². The summed E-state index contributed by atoms with van der Waals surface area (Å²) in [5.74, 6) is -1.51. The quantitative estimate of drug-likeness (QED) is 0.409. The van der Waals surface area contributed by atoms with Crippen LogP contribution in [0.3, 0.4) is 0 Å². The van der Waals surface area contributed by atoms with Crippen molar-refractivity contribution in [1.82, 2.24) is 5.32 Å². The van der Waals surface area contributed by atoms with Crippen LogP contribution in [0.15, 0.2) is 48.7 Å². The maximum Gasteiger partial charge on any atom is 0.367 e. The second kappa shape index (κ2) is 12.4. The number of amides is 1. The van der Waals surface area contributed by atoms with E-state index in [2.05, 4.69) is 33.0 Å². The molecule has 1 aliphatic rings. The maximum absolute atomic E-state index is 13.7. The molecule has 3 atom stereocenters. The molecule has 38 heavy (non-hydrogen) atoms. The summed E-state index contributed by atoms with van der Waals surface area (Å²) in [7, 11) is 1.77. The van der Waals surface area contributed by atoms with Crippen LogP contribution < -0.4 is 19.5 Å². The number of carboxylic acids is 1. The zero-order chi connectivity index (χ0) is 28.0. The molecule has 2 aromatic rings. The van der Waals surface area contributed by atoms with Crippen molar-refractivity contribution in [2.75, 3.05) is 18.1 Å². The number of ketones is 1. The zero-order valence-electron chi connectivity index (χ0n) is 23.1. The molecule has 1 aliphatic heterocycles. The Kier molecular flexibility index (Phi) is 9.49. The molecule has 0 aliphatic carbocycles. The number of aliphatic carboxylic acids is 1. The SMILES string of the molecule is CCC1(C(C)C)CN(c2ccccc2C(C)C)C(C(=O)N[C@@H](CC(=O)O)C(=O)COc2cccc[n+]2C)O1. The average Bonchev–Trinajstić information content (AvgIpc) is 3.29. The van der Waals surface area contributed by atoms with Gasteiger partial charge in [-0.1, -0.05) is 52.8 Å². The predicted octanol–water partition coefficient (Wildman–Crippen LogP) is 3.21. The maximum atomic E-state index is 13.7. The van der Waals surface area contributed by atoms with Crippen molar-refractivity contribution in [1.29, 1.82) is 0 Å². The molecule has 0 bridgehead atoms. The van der Waals surface area contributed by atoms with Gasteiger partial charge < -0.3 is 24.8 Å². The summed E-state index contributed by atoms with van der Waals surface area (Å²) in [4.78, 5) is 40.3. The van der Waals surface area contributed by atoms with Crippen LogP contribution in [0.2, 0.25) is 0 Å². The summed E-state index contributed by atoms with van der Waals surface area (Å²) in [5.41, 5.74) is 1.38. The highest BCUT2D eigenvalue weighted by atomic mass is 16.5. The smallest absolute Gasteiger partial charge is 0.367 e. The molecule has 9 heteroatoms. The van der Waals surface area contributed by atoms with E-state index < -0.39 is 42.0 Å². The van der Waals surface area contributed by atoms with Gasteiger partial charge in [0.25, 0.3) is 5.91 Å². The van der Waals surface area contributed by atoms with Gasteiger partial charge in [0, 0.05) is 11.8 Å². The molecule has 2 N–H and O–H groups in total. The monoisotopic (exact) mass is 526 g/mol. The average molecular weight is 527 g/mol. The molecule has 0 saturated carbocycles. The number of nitrogens with one attached hydrogen (secondary N) is 1. The Hall–Kier alpha value is -3.46. The Labute approximate surface area is 224 Å². The van der Waals surface area contributed by atoms with Crippen molar-refractivity contribution in [3.8, 4) is 5.88 Å². The highest BCUT2D eigenvalue weighted by molar-refractivity contribution is 5.94.